The topological polar surface area (TPSA) is 143 Å². The number of azo groups is 1. The number of carbonyl (C=O) groups is 2. The van der Waals surface area contributed by atoms with Gasteiger partial charge in [0.15, 0.2) is 5.82 Å². The summed E-state index contributed by atoms with van der Waals surface area (Å²) >= 11 is 0. The first-order valence-electron chi connectivity index (χ1n) is 12.0. The lowest BCUT2D eigenvalue weighted by atomic mass is 9.90. The third kappa shape index (κ3) is 5.40. The van der Waals surface area contributed by atoms with E-state index in [0.717, 1.165) is 37.0 Å². The second-order valence-corrected chi connectivity index (χ2v) is 8.93. The highest BCUT2D eigenvalue weighted by Gasteiger charge is 2.31. The molecule has 3 aliphatic rings. The average molecular weight is 490 g/mol. The molecule has 1 saturated carbocycles. The number of aliphatic imine (C=N–C) groups is 1. The number of amides is 2. The van der Waals surface area contributed by atoms with Crippen molar-refractivity contribution in [2.75, 3.05) is 7.11 Å². The zero-order chi connectivity index (χ0) is 24.9. The van der Waals surface area contributed by atoms with Gasteiger partial charge in [-0.3, -0.25) is 14.6 Å². The van der Waals surface area contributed by atoms with Crippen molar-refractivity contribution in [1.29, 1.82) is 0 Å². The van der Waals surface area contributed by atoms with Crippen LogP contribution in [0.25, 0.3) is 11.4 Å². The molecule has 5 rings (SSSR count). The van der Waals surface area contributed by atoms with Gasteiger partial charge in [-0.25, -0.2) is 0 Å². The molecule has 2 amide bonds. The van der Waals surface area contributed by atoms with Crippen molar-refractivity contribution >= 4 is 18.0 Å². The number of nitrogens with one attached hydrogen (secondary N) is 2. The number of ether oxygens (including phenoxy) is 1. The summed E-state index contributed by atoms with van der Waals surface area (Å²) in [5.74, 6) is 1.32. The number of hydrogen-bond donors (Lipinski definition) is 2. The van der Waals surface area contributed by atoms with E-state index < -0.39 is 5.92 Å². The highest BCUT2D eigenvalue weighted by Crippen LogP contribution is 2.28. The molecule has 2 aromatic rings. The van der Waals surface area contributed by atoms with Gasteiger partial charge in [0.25, 0.3) is 5.91 Å². The van der Waals surface area contributed by atoms with Gasteiger partial charge >= 0.3 is 0 Å². The Bertz CT molecular complexity index is 1250. The van der Waals surface area contributed by atoms with Crippen LogP contribution in [-0.2, 0) is 16.0 Å². The number of methoxy groups -OCH3 is 1. The number of dihydropyridines is 1. The Morgan fingerprint density at radius 1 is 1.17 bits per heavy atom. The molecule has 1 fully saturated rings. The van der Waals surface area contributed by atoms with Crippen LogP contribution < -0.4 is 15.4 Å². The molecular weight excluding hydrogens is 462 g/mol. The summed E-state index contributed by atoms with van der Waals surface area (Å²) in [5, 5.41) is 18.3. The smallest absolute Gasteiger partial charge is 0.277 e. The standard InChI is InChI=1S/C25H27N7O4/c1-35-18-9-7-15(8-10-18)23-29-21(36-32-23)12-11-20(33)27-16-4-2-5-17(14-16)28-24-22-19(6-3-13-26-22)25(34)31-30-24/h3,6-10,13,16-17,19,28H,2,4-5,11-12,14H2,1H3,(H,27,33). The van der Waals surface area contributed by atoms with Gasteiger partial charge in [-0.15, -0.1) is 10.2 Å². The zero-order valence-electron chi connectivity index (χ0n) is 19.9. The van der Waals surface area contributed by atoms with E-state index in [1.165, 1.54) is 0 Å². The van der Waals surface area contributed by atoms with Crippen LogP contribution in [0, 0.1) is 5.92 Å². The van der Waals surface area contributed by atoms with E-state index in [4.69, 9.17) is 9.26 Å². The molecule has 1 aromatic carbocycles. The first-order chi connectivity index (χ1) is 17.6. The van der Waals surface area contributed by atoms with Gasteiger partial charge in [-0.1, -0.05) is 11.2 Å². The molecule has 1 aromatic heterocycles. The van der Waals surface area contributed by atoms with Crippen LogP contribution in [-0.4, -0.2) is 47.4 Å². The van der Waals surface area contributed by atoms with Crippen LogP contribution in [0.3, 0.4) is 0 Å². The maximum absolute atomic E-state index is 12.6. The first kappa shape index (κ1) is 23.6. The molecule has 186 valence electrons. The Hall–Kier alpha value is -4.15. The summed E-state index contributed by atoms with van der Waals surface area (Å²) in [6.07, 6.45) is 9.33. The Morgan fingerprint density at radius 3 is 2.83 bits per heavy atom. The van der Waals surface area contributed by atoms with Crippen molar-refractivity contribution < 1.29 is 18.8 Å². The van der Waals surface area contributed by atoms with Gasteiger partial charge in [-0.2, -0.15) is 4.98 Å². The first-order valence-corrected chi connectivity index (χ1v) is 12.0. The van der Waals surface area contributed by atoms with Gasteiger partial charge < -0.3 is 19.9 Å². The van der Waals surface area contributed by atoms with Crippen LogP contribution in [0.15, 0.2) is 67.7 Å². The lowest BCUT2D eigenvalue weighted by Gasteiger charge is -2.32. The van der Waals surface area contributed by atoms with E-state index >= 15 is 0 Å². The summed E-state index contributed by atoms with van der Waals surface area (Å²) < 4.78 is 10.5. The number of hydrogen-bond acceptors (Lipinski definition) is 9. The van der Waals surface area contributed by atoms with Gasteiger partial charge in [0, 0.05) is 36.7 Å². The maximum atomic E-state index is 12.6. The third-order valence-corrected chi connectivity index (χ3v) is 6.42. The Labute approximate surface area is 207 Å². The molecule has 3 atom stereocenters. The lowest BCUT2D eigenvalue weighted by Crippen LogP contribution is -2.44. The van der Waals surface area contributed by atoms with Crippen molar-refractivity contribution in [3.05, 3.63) is 53.8 Å². The summed E-state index contributed by atoms with van der Waals surface area (Å²) in [4.78, 5) is 33.3. The highest BCUT2D eigenvalue weighted by molar-refractivity contribution is 5.88. The minimum Gasteiger partial charge on any atom is -0.497 e. The number of carbonyl (C=O) groups excluding carboxylic acids is 2. The highest BCUT2D eigenvalue weighted by atomic mass is 16.5. The molecule has 0 spiro atoms. The second-order valence-electron chi connectivity index (χ2n) is 8.93. The van der Waals surface area contributed by atoms with Gasteiger partial charge in [0.1, 0.15) is 17.4 Å². The summed E-state index contributed by atoms with van der Waals surface area (Å²) in [7, 11) is 1.61. The van der Waals surface area contributed by atoms with Gasteiger partial charge in [-0.05, 0) is 56.0 Å². The monoisotopic (exact) mass is 489 g/mol. The van der Waals surface area contributed by atoms with Crippen molar-refractivity contribution in [3.8, 4) is 17.1 Å². The number of benzene rings is 1. The van der Waals surface area contributed by atoms with Crippen LogP contribution in [0.4, 0.5) is 0 Å². The predicted octanol–water partition coefficient (Wildman–Crippen LogP) is 3.11. The SMILES string of the molecule is COc1ccc(-c2noc(CCC(=O)NC3CCCC(NC4=C5N=CC=CC5C(=O)N=N4)C3)n2)cc1. The minimum absolute atomic E-state index is 0.0413. The molecule has 1 aliphatic carbocycles. The largest absolute Gasteiger partial charge is 0.497 e. The predicted molar refractivity (Wildman–Crippen MR) is 130 cm³/mol. The summed E-state index contributed by atoms with van der Waals surface area (Å²) in [6, 6.07) is 7.51. The second kappa shape index (κ2) is 10.6. The minimum atomic E-state index is -0.482. The lowest BCUT2D eigenvalue weighted by molar-refractivity contribution is -0.122. The number of allylic oxidation sites excluding steroid dienone is 1. The van der Waals surface area contributed by atoms with Crippen molar-refractivity contribution in [3.63, 3.8) is 0 Å². The molecule has 2 aliphatic heterocycles. The summed E-state index contributed by atoms with van der Waals surface area (Å²) in [5.41, 5.74) is 1.41. The molecule has 0 radical (unpaired) electrons. The molecule has 2 N–H and O–H groups in total. The van der Waals surface area contributed by atoms with Crippen LogP contribution >= 0.6 is 0 Å². The number of rotatable bonds is 8. The van der Waals surface area contributed by atoms with E-state index in [-0.39, 0.29) is 30.3 Å². The molecule has 0 saturated heterocycles. The molecule has 36 heavy (non-hydrogen) atoms. The zero-order valence-corrected chi connectivity index (χ0v) is 19.9. The van der Waals surface area contributed by atoms with E-state index in [1.54, 1.807) is 25.5 Å². The normalized spacial score (nSPS) is 22.9. The molecule has 3 unspecified atom stereocenters. The number of fused-ring (bicyclic) bond motifs is 1. The fourth-order valence-corrected chi connectivity index (χ4v) is 4.56. The third-order valence-electron chi connectivity index (χ3n) is 6.42. The molecule has 11 heteroatoms. The number of aryl methyl sites for hydroxylation is 1. The van der Waals surface area contributed by atoms with Crippen LogP contribution in [0.1, 0.15) is 38.0 Å². The van der Waals surface area contributed by atoms with Crippen molar-refractivity contribution in [1.82, 2.24) is 20.8 Å². The van der Waals surface area contributed by atoms with Crippen LogP contribution in [0.2, 0.25) is 0 Å². The number of aromatic nitrogens is 2. The van der Waals surface area contributed by atoms with Crippen molar-refractivity contribution in [2.45, 2.75) is 50.6 Å². The Kier molecular flexibility index (Phi) is 6.96. The Balaban J connectivity index is 1.12. The van der Waals surface area contributed by atoms with E-state index in [1.807, 2.05) is 24.3 Å². The van der Waals surface area contributed by atoms with E-state index in [2.05, 4.69) is 36.0 Å². The van der Waals surface area contributed by atoms with E-state index in [0.29, 0.717) is 29.7 Å². The number of nitrogens with zero attached hydrogens (tertiary/aromatic N) is 5. The molecule has 0 bridgehead atoms. The molecule has 11 nitrogen and oxygen atoms in total. The molecular formula is C25H27N7O4. The quantitative estimate of drug-likeness (QED) is 0.580. The average Bonchev–Trinajstić information content (AvgIpc) is 3.39. The van der Waals surface area contributed by atoms with Crippen LogP contribution in [0.5, 0.6) is 5.75 Å². The van der Waals surface area contributed by atoms with Gasteiger partial charge in [0.05, 0.1) is 7.11 Å². The fraction of sp³-hybridized carbons (Fsp3) is 0.400. The fourth-order valence-electron chi connectivity index (χ4n) is 4.56. The Morgan fingerprint density at radius 2 is 2.00 bits per heavy atom. The maximum Gasteiger partial charge on any atom is 0.277 e. The van der Waals surface area contributed by atoms with E-state index in [9.17, 15) is 9.59 Å². The molecule has 3 heterocycles. The van der Waals surface area contributed by atoms with Crippen molar-refractivity contribution in [2.24, 2.45) is 21.1 Å². The van der Waals surface area contributed by atoms with Gasteiger partial charge in [0.2, 0.25) is 17.6 Å². The summed E-state index contributed by atoms with van der Waals surface area (Å²) in [6.45, 7) is 0.